The molecule has 2 N–H and O–H groups in total. The summed E-state index contributed by atoms with van der Waals surface area (Å²) < 4.78 is 0. The molecule has 17 heavy (non-hydrogen) atoms. The Hall–Kier alpha value is -1.10. The number of rotatable bonds is 2. The molecule has 2 rings (SSSR count). The highest BCUT2D eigenvalue weighted by Crippen LogP contribution is 2.32. The van der Waals surface area contributed by atoms with Gasteiger partial charge >= 0.3 is 0 Å². The summed E-state index contributed by atoms with van der Waals surface area (Å²) in [4.78, 5) is 26.0. The zero-order valence-electron chi connectivity index (χ0n) is 10.6. The lowest BCUT2D eigenvalue weighted by Gasteiger charge is -2.39. The molecule has 0 radical (unpaired) electrons. The van der Waals surface area contributed by atoms with Gasteiger partial charge in [-0.1, -0.05) is 6.92 Å². The van der Waals surface area contributed by atoms with Crippen molar-refractivity contribution in [3.8, 4) is 0 Å². The Bertz CT molecular complexity index is 324. The summed E-state index contributed by atoms with van der Waals surface area (Å²) in [5.74, 6) is 0.106. The molecule has 2 atom stereocenters. The number of hydrogen-bond donors (Lipinski definition) is 2. The second-order valence-corrected chi connectivity index (χ2v) is 5.03. The molecule has 2 aliphatic rings. The fourth-order valence-electron chi connectivity index (χ4n) is 2.74. The molecular weight excluding hydrogens is 218 g/mol. The Balaban J connectivity index is 2.15. The van der Waals surface area contributed by atoms with E-state index < -0.39 is 0 Å². The molecule has 5 heteroatoms. The van der Waals surface area contributed by atoms with Crippen molar-refractivity contribution in [3.63, 3.8) is 0 Å². The maximum atomic E-state index is 12.6. The molecule has 0 aliphatic carbocycles. The van der Waals surface area contributed by atoms with Crippen molar-refractivity contribution < 1.29 is 9.59 Å². The van der Waals surface area contributed by atoms with Crippen molar-refractivity contribution in [2.24, 2.45) is 5.41 Å². The van der Waals surface area contributed by atoms with Crippen molar-refractivity contribution >= 4 is 11.8 Å². The van der Waals surface area contributed by atoms with Gasteiger partial charge in [0.1, 0.15) is 6.04 Å². The van der Waals surface area contributed by atoms with Crippen LogP contribution >= 0.6 is 0 Å². The highest BCUT2D eigenvalue weighted by molar-refractivity contribution is 5.91. The van der Waals surface area contributed by atoms with Gasteiger partial charge in [0.15, 0.2) is 0 Å². The molecule has 0 aromatic rings. The van der Waals surface area contributed by atoms with Crippen LogP contribution in [-0.2, 0) is 9.59 Å². The van der Waals surface area contributed by atoms with Crippen molar-refractivity contribution in [2.45, 2.75) is 32.7 Å². The second kappa shape index (κ2) is 4.64. The Morgan fingerprint density at radius 2 is 2.29 bits per heavy atom. The van der Waals surface area contributed by atoms with Crippen molar-refractivity contribution in [1.82, 2.24) is 15.5 Å². The molecule has 2 amide bonds. The average Bonchev–Trinajstić information content (AvgIpc) is 2.82. The van der Waals surface area contributed by atoms with Gasteiger partial charge in [-0.2, -0.15) is 0 Å². The Kier molecular flexibility index (Phi) is 3.38. The lowest BCUT2D eigenvalue weighted by atomic mass is 9.82. The van der Waals surface area contributed by atoms with E-state index in [1.165, 1.54) is 0 Å². The summed E-state index contributed by atoms with van der Waals surface area (Å²) in [5, 5.41) is 6.05. The minimum atomic E-state index is -0.333. The second-order valence-electron chi connectivity index (χ2n) is 5.03. The van der Waals surface area contributed by atoms with Gasteiger partial charge in [-0.05, 0) is 26.3 Å². The van der Waals surface area contributed by atoms with Crippen LogP contribution in [0.5, 0.6) is 0 Å². The largest absolute Gasteiger partial charge is 0.353 e. The van der Waals surface area contributed by atoms with Crippen LogP contribution in [0, 0.1) is 5.41 Å². The van der Waals surface area contributed by atoms with Crippen LogP contribution in [0.4, 0.5) is 0 Å². The average molecular weight is 239 g/mol. The Morgan fingerprint density at radius 1 is 1.53 bits per heavy atom. The summed E-state index contributed by atoms with van der Waals surface area (Å²) in [7, 11) is 0. The zero-order chi connectivity index (χ0) is 12.5. The van der Waals surface area contributed by atoms with E-state index in [-0.39, 0.29) is 23.3 Å². The molecule has 2 unspecified atom stereocenters. The van der Waals surface area contributed by atoms with Crippen LogP contribution in [-0.4, -0.2) is 48.9 Å². The molecule has 0 bridgehead atoms. The van der Waals surface area contributed by atoms with Gasteiger partial charge in [0.2, 0.25) is 11.8 Å². The van der Waals surface area contributed by atoms with E-state index in [1.54, 1.807) is 11.8 Å². The SMILES string of the molecule is CCC1(C(=O)N2CCNC(=O)C2C)CCNC1. The van der Waals surface area contributed by atoms with E-state index in [0.717, 1.165) is 25.9 Å². The lowest BCUT2D eigenvalue weighted by molar-refractivity contribution is -0.150. The van der Waals surface area contributed by atoms with Gasteiger partial charge in [-0.15, -0.1) is 0 Å². The monoisotopic (exact) mass is 239 g/mol. The lowest BCUT2D eigenvalue weighted by Crippen LogP contribution is -2.59. The number of carbonyl (C=O) groups is 2. The maximum Gasteiger partial charge on any atom is 0.242 e. The molecule has 2 saturated heterocycles. The first kappa shape index (κ1) is 12.4. The number of amides is 2. The Morgan fingerprint density at radius 3 is 2.88 bits per heavy atom. The fourth-order valence-corrected chi connectivity index (χ4v) is 2.74. The first-order chi connectivity index (χ1) is 8.10. The topological polar surface area (TPSA) is 61.4 Å². The van der Waals surface area contributed by atoms with Crippen LogP contribution in [0.25, 0.3) is 0 Å². The molecular formula is C12H21N3O2. The number of nitrogens with zero attached hydrogens (tertiary/aromatic N) is 1. The molecule has 0 aromatic heterocycles. The number of nitrogens with one attached hydrogen (secondary N) is 2. The predicted molar refractivity (Wildman–Crippen MR) is 64.4 cm³/mol. The Labute approximate surface area is 102 Å². The normalized spacial score (nSPS) is 33.6. The molecule has 0 saturated carbocycles. The quantitative estimate of drug-likeness (QED) is 0.697. The van der Waals surface area contributed by atoms with E-state index in [4.69, 9.17) is 0 Å². The molecule has 5 nitrogen and oxygen atoms in total. The summed E-state index contributed by atoms with van der Waals surface area (Å²) in [6.07, 6.45) is 1.72. The van der Waals surface area contributed by atoms with E-state index >= 15 is 0 Å². The number of carbonyl (C=O) groups excluding carboxylic acids is 2. The third kappa shape index (κ3) is 2.04. The third-order valence-corrected chi connectivity index (χ3v) is 4.13. The van der Waals surface area contributed by atoms with Gasteiger partial charge in [0.05, 0.1) is 5.41 Å². The van der Waals surface area contributed by atoms with E-state index in [2.05, 4.69) is 17.6 Å². The van der Waals surface area contributed by atoms with Crippen LogP contribution in [0.15, 0.2) is 0 Å². The highest BCUT2D eigenvalue weighted by atomic mass is 16.2. The van der Waals surface area contributed by atoms with E-state index in [1.807, 2.05) is 0 Å². The number of piperazine rings is 1. The first-order valence-electron chi connectivity index (χ1n) is 6.40. The molecule has 0 aromatic carbocycles. The third-order valence-electron chi connectivity index (χ3n) is 4.13. The van der Waals surface area contributed by atoms with Gasteiger partial charge in [0.25, 0.3) is 0 Å². The standard InChI is InChI=1S/C12H21N3O2/c1-3-12(4-5-13-8-12)11(17)15-7-6-14-10(16)9(15)2/h9,13H,3-8H2,1-2H3,(H,14,16). The van der Waals surface area contributed by atoms with Crippen LogP contribution in [0.2, 0.25) is 0 Å². The summed E-state index contributed by atoms with van der Waals surface area (Å²) in [6, 6.07) is -0.333. The molecule has 2 heterocycles. The molecule has 96 valence electrons. The van der Waals surface area contributed by atoms with Gasteiger partial charge in [-0.3, -0.25) is 9.59 Å². The first-order valence-corrected chi connectivity index (χ1v) is 6.40. The van der Waals surface area contributed by atoms with Crippen LogP contribution < -0.4 is 10.6 Å². The summed E-state index contributed by atoms with van der Waals surface area (Å²) >= 11 is 0. The zero-order valence-corrected chi connectivity index (χ0v) is 10.6. The van der Waals surface area contributed by atoms with Crippen molar-refractivity contribution in [1.29, 1.82) is 0 Å². The molecule has 2 fully saturated rings. The summed E-state index contributed by atoms with van der Waals surface area (Å²) in [6.45, 7) is 6.70. The van der Waals surface area contributed by atoms with Crippen molar-refractivity contribution in [3.05, 3.63) is 0 Å². The minimum Gasteiger partial charge on any atom is -0.353 e. The van der Waals surface area contributed by atoms with Gasteiger partial charge in [0, 0.05) is 19.6 Å². The van der Waals surface area contributed by atoms with E-state index in [0.29, 0.717) is 13.1 Å². The smallest absolute Gasteiger partial charge is 0.242 e. The minimum absolute atomic E-state index is 0.0400. The van der Waals surface area contributed by atoms with Crippen LogP contribution in [0.1, 0.15) is 26.7 Å². The predicted octanol–water partition coefficient (Wildman–Crippen LogP) is -0.277. The van der Waals surface area contributed by atoms with Gasteiger partial charge in [-0.25, -0.2) is 0 Å². The molecule has 2 aliphatic heterocycles. The molecule has 0 spiro atoms. The highest BCUT2D eigenvalue weighted by Gasteiger charge is 2.44. The van der Waals surface area contributed by atoms with Crippen molar-refractivity contribution in [2.75, 3.05) is 26.2 Å². The van der Waals surface area contributed by atoms with E-state index in [9.17, 15) is 9.59 Å². The number of hydrogen-bond acceptors (Lipinski definition) is 3. The van der Waals surface area contributed by atoms with Crippen LogP contribution in [0.3, 0.4) is 0 Å². The van der Waals surface area contributed by atoms with Gasteiger partial charge < -0.3 is 15.5 Å². The fraction of sp³-hybridized carbons (Fsp3) is 0.833. The summed E-state index contributed by atoms with van der Waals surface area (Å²) in [5.41, 5.74) is -0.286. The maximum absolute atomic E-state index is 12.6.